The number of hydrogen-bond acceptors (Lipinski definition) is 0. The van der Waals surface area contributed by atoms with Crippen LogP contribution in [-0.4, -0.2) is 0 Å². The number of halogens is 3. The molecule has 0 atom stereocenters. The number of rotatable bonds is 0. The van der Waals surface area contributed by atoms with Gasteiger partial charge in [0, 0.05) is 22.0 Å². The van der Waals surface area contributed by atoms with Crippen LogP contribution in [-0.2, 0) is 6.18 Å². The zero-order valence-electron chi connectivity index (χ0n) is 13.9. The fraction of sp³-hybridized carbons (Fsp3) is 0.474. The molecule has 22 heavy (non-hydrogen) atoms. The lowest BCUT2D eigenvalue weighted by Gasteiger charge is -2.12. The lowest BCUT2D eigenvalue weighted by atomic mass is 9.95. The van der Waals surface area contributed by atoms with Gasteiger partial charge in [0.25, 0.3) is 0 Å². The van der Waals surface area contributed by atoms with Gasteiger partial charge in [-0.2, -0.15) is 13.2 Å². The summed E-state index contributed by atoms with van der Waals surface area (Å²) in [5, 5.41) is 0. The summed E-state index contributed by atoms with van der Waals surface area (Å²) in [6.45, 7) is 11.3. The van der Waals surface area contributed by atoms with Gasteiger partial charge in [-0.1, -0.05) is 23.7 Å². The van der Waals surface area contributed by atoms with Crippen molar-refractivity contribution in [1.82, 2.24) is 0 Å². The van der Waals surface area contributed by atoms with Crippen LogP contribution in [0.1, 0.15) is 58.2 Å². The lowest BCUT2D eigenvalue weighted by molar-refractivity contribution is -0.137. The highest BCUT2D eigenvalue weighted by atomic mass is 19.4. The van der Waals surface area contributed by atoms with Gasteiger partial charge in [-0.25, -0.2) is 0 Å². The number of benzene rings is 1. The molecule has 0 fully saturated rings. The van der Waals surface area contributed by atoms with Gasteiger partial charge >= 0.3 is 6.18 Å². The van der Waals surface area contributed by atoms with E-state index in [1.54, 1.807) is 6.07 Å². The molecule has 0 spiro atoms. The molecule has 0 saturated heterocycles. The van der Waals surface area contributed by atoms with Crippen molar-refractivity contribution in [2.45, 2.75) is 47.7 Å². The smallest absolute Gasteiger partial charge is 0.166 e. The predicted molar refractivity (Wildman–Crippen MR) is 84.1 cm³/mol. The van der Waals surface area contributed by atoms with E-state index < -0.39 is 11.7 Å². The zero-order chi connectivity index (χ0) is 17.2. The summed E-state index contributed by atoms with van der Waals surface area (Å²) in [4.78, 5) is 0. The topological polar surface area (TPSA) is 0 Å². The molecule has 0 bridgehead atoms. The number of hydrogen-bond donors (Lipinski definition) is 0. The Morgan fingerprint density at radius 3 is 1.73 bits per heavy atom. The minimum Gasteiger partial charge on any atom is -0.166 e. The molecule has 0 aliphatic heterocycles. The Bertz CT molecular complexity index is 658. The van der Waals surface area contributed by atoms with Gasteiger partial charge in [0.1, 0.15) is 0 Å². The molecule has 0 unspecified atom stereocenters. The first-order valence-electron chi connectivity index (χ1n) is 7.05. The molecule has 0 saturated carbocycles. The monoisotopic (exact) mass is 306 g/mol. The second-order valence-electron chi connectivity index (χ2n) is 7.26. The summed E-state index contributed by atoms with van der Waals surface area (Å²) < 4.78 is 39.6. The fourth-order valence-electron chi connectivity index (χ4n) is 1.48. The first kappa shape index (κ1) is 18.2. The van der Waals surface area contributed by atoms with Crippen molar-refractivity contribution < 1.29 is 13.2 Å². The van der Waals surface area contributed by atoms with E-state index in [4.69, 9.17) is 0 Å². The molecule has 1 rings (SSSR count). The van der Waals surface area contributed by atoms with Crippen molar-refractivity contribution in [1.29, 1.82) is 0 Å². The molecule has 0 heterocycles. The Kier molecular flexibility index (Phi) is 5.03. The van der Waals surface area contributed by atoms with E-state index in [-0.39, 0.29) is 16.4 Å². The van der Waals surface area contributed by atoms with Crippen molar-refractivity contribution in [3.8, 4) is 23.7 Å². The second kappa shape index (κ2) is 6.09. The molecule has 118 valence electrons. The SMILES string of the molecule is CC(C)(C)C#Cc1ccc(C#CC(C)(C)C)c(C(F)(F)F)c1. The van der Waals surface area contributed by atoms with Crippen LogP contribution in [0.5, 0.6) is 0 Å². The van der Waals surface area contributed by atoms with Gasteiger partial charge in [-0.05, 0) is 59.7 Å². The Hall–Kier alpha value is -1.87. The van der Waals surface area contributed by atoms with Crippen LogP contribution in [0, 0.1) is 34.5 Å². The first-order chi connectivity index (χ1) is 9.78. The molecular formula is C19H21F3. The minimum absolute atomic E-state index is 0.0104. The summed E-state index contributed by atoms with van der Waals surface area (Å²) >= 11 is 0. The van der Waals surface area contributed by atoms with Gasteiger partial charge in [-0.15, -0.1) is 0 Å². The minimum atomic E-state index is -4.44. The van der Waals surface area contributed by atoms with Crippen LogP contribution in [0.4, 0.5) is 13.2 Å². The summed E-state index contributed by atoms with van der Waals surface area (Å²) in [6.07, 6.45) is -4.44. The van der Waals surface area contributed by atoms with E-state index in [9.17, 15) is 13.2 Å². The predicted octanol–water partition coefficient (Wildman–Crippen LogP) is 5.50. The maximum atomic E-state index is 13.2. The van der Waals surface area contributed by atoms with Crippen LogP contribution in [0.15, 0.2) is 18.2 Å². The van der Waals surface area contributed by atoms with E-state index in [1.165, 1.54) is 6.07 Å². The maximum Gasteiger partial charge on any atom is 0.417 e. The van der Waals surface area contributed by atoms with E-state index in [2.05, 4.69) is 23.7 Å². The van der Waals surface area contributed by atoms with Gasteiger partial charge in [0.2, 0.25) is 0 Å². The Labute approximate surface area is 131 Å². The van der Waals surface area contributed by atoms with E-state index in [1.807, 2.05) is 41.5 Å². The quantitative estimate of drug-likeness (QED) is 0.555. The summed E-state index contributed by atoms with van der Waals surface area (Å²) in [6, 6.07) is 4.06. The standard InChI is InChI=1S/C19H21F3/c1-17(2,3)11-9-14-7-8-15(10-12-18(4,5)6)16(13-14)19(20,21)22/h7-8,13H,1-6H3. The highest BCUT2D eigenvalue weighted by Gasteiger charge is 2.33. The average Bonchev–Trinajstić information content (AvgIpc) is 2.31. The largest absolute Gasteiger partial charge is 0.417 e. The van der Waals surface area contributed by atoms with Gasteiger partial charge in [0.05, 0.1) is 5.56 Å². The van der Waals surface area contributed by atoms with E-state index in [0.717, 1.165) is 6.07 Å². The third-order valence-corrected chi connectivity index (χ3v) is 2.48. The molecule has 0 aliphatic rings. The molecule has 0 radical (unpaired) electrons. The first-order valence-corrected chi connectivity index (χ1v) is 7.05. The highest BCUT2D eigenvalue weighted by Crippen LogP contribution is 2.32. The third kappa shape index (κ3) is 6.27. The molecule has 0 nitrogen and oxygen atoms in total. The van der Waals surface area contributed by atoms with Crippen molar-refractivity contribution in [3.05, 3.63) is 34.9 Å². The lowest BCUT2D eigenvalue weighted by Crippen LogP contribution is -2.09. The molecule has 1 aromatic rings. The second-order valence-corrected chi connectivity index (χ2v) is 7.26. The fourth-order valence-corrected chi connectivity index (χ4v) is 1.48. The zero-order valence-corrected chi connectivity index (χ0v) is 13.9. The molecule has 3 heteroatoms. The van der Waals surface area contributed by atoms with E-state index >= 15 is 0 Å². The molecule has 1 aromatic carbocycles. The van der Waals surface area contributed by atoms with Gasteiger partial charge in [0.15, 0.2) is 0 Å². The molecular weight excluding hydrogens is 285 g/mol. The average molecular weight is 306 g/mol. The Balaban J connectivity index is 3.37. The molecule has 0 N–H and O–H groups in total. The summed E-state index contributed by atoms with van der Waals surface area (Å²) in [5.41, 5.74) is -1.01. The molecule has 0 aromatic heterocycles. The van der Waals surface area contributed by atoms with Crippen molar-refractivity contribution in [2.75, 3.05) is 0 Å². The van der Waals surface area contributed by atoms with Crippen LogP contribution < -0.4 is 0 Å². The van der Waals surface area contributed by atoms with Crippen LogP contribution in [0.3, 0.4) is 0 Å². The van der Waals surface area contributed by atoms with E-state index in [0.29, 0.717) is 5.56 Å². The normalized spacial score (nSPS) is 12.0. The van der Waals surface area contributed by atoms with Crippen molar-refractivity contribution in [3.63, 3.8) is 0 Å². The highest BCUT2D eigenvalue weighted by molar-refractivity contribution is 5.49. The van der Waals surface area contributed by atoms with Crippen molar-refractivity contribution in [2.24, 2.45) is 10.8 Å². The number of alkyl halides is 3. The van der Waals surface area contributed by atoms with Gasteiger partial charge < -0.3 is 0 Å². The summed E-state index contributed by atoms with van der Waals surface area (Å²) in [5.74, 6) is 11.2. The van der Waals surface area contributed by atoms with Crippen molar-refractivity contribution >= 4 is 0 Å². The Morgan fingerprint density at radius 2 is 1.27 bits per heavy atom. The maximum absolute atomic E-state index is 13.2. The third-order valence-electron chi connectivity index (χ3n) is 2.48. The Morgan fingerprint density at radius 1 is 0.773 bits per heavy atom. The van der Waals surface area contributed by atoms with Gasteiger partial charge in [-0.3, -0.25) is 0 Å². The van der Waals surface area contributed by atoms with Crippen LogP contribution >= 0.6 is 0 Å². The molecule has 0 amide bonds. The van der Waals surface area contributed by atoms with Crippen LogP contribution in [0.2, 0.25) is 0 Å². The summed E-state index contributed by atoms with van der Waals surface area (Å²) in [7, 11) is 0. The van der Waals surface area contributed by atoms with Crippen LogP contribution in [0.25, 0.3) is 0 Å². The molecule has 0 aliphatic carbocycles.